The zero-order valence-corrected chi connectivity index (χ0v) is 43.2. The number of fused-ring (bicyclic) bond motifs is 6. The second-order valence-corrected chi connectivity index (χ2v) is 21.3. The van der Waals surface area contributed by atoms with Crippen LogP contribution in [-0.4, -0.2) is 110 Å². The summed E-state index contributed by atoms with van der Waals surface area (Å²) in [6.45, 7) is 16.8. The molecule has 364 valence electrons. The van der Waals surface area contributed by atoms with Gasteiger partial charge >= 0.3 is 0 Å². The van der Waals surface area contributed by atoms with Gasteiger partial charge in [-0.3, -0.25) is 14.5 Å². The van der Waals surface area contributed by atoms with E-state index in [1.54, 1.807) is 41.8 Å². The Labute approximate surface area is 415 Å². The van der Waals surface area contributed by atoms with Crippen LogP contribution in [0.2, 0.25) is 0 Å². The lowest BCUT2D eigenvalue weighted by atomic mass is 9.92. The summed E-state index contributed by atoms with van der Waals surface area (Å²) in [6.07, 6.45) is 3.79. The third-order valence-corrected chi connectivity index (χ3v) is 15.6. The summed E-state index contributed by atoms with van der Waals surface area (Å²) in [5, 5.41) is 22.3. The molecule has 15 nitrogen and oxygen atoms in total. The molecule has 8 heterocycles. The molecule has 0 saturated heterocycles. The fourth-order valence-corrected chi connectivity index (χ4v) is 10.8. The average Bonchev–Trinajstić information content (AvgIpc) is 4.22. The lowest BCUT2D eigenvalue weighted by Crippen LogP contribution is -2.47. The Hall–Kier alpha value is -6.69. The quantitative estimate of drug-likeness (QED) is 0.115. The van der Waals surface area contributed by atoms with Gasteiger partial charge in [0, 0.05) is 101 Å². The predicted molar refractivity (Wildman–Crippen MR) is 272 cm³/mol. The first-order valence-corrected chi connectivity index (χ1v) is 25.3. The Morgan fingerprint density at radius 2 is 1.30 bits per heavy atom. The molecule has 0 aliphatic carbocycles. The minimum Gasteiger partial charge on any atom is -0.496 e. The Bertz CT molecular complexity index is 3170. The van der Waals surface area contributed by atoms with Gasteiger partial charge in [-0.25, -0.2) is 9.36 Å². The molecule has 17 heteroatoms. The van der Waals surface area contributed by atoms with Gasteiger partial charge < -0.3 is 33.3 Å². The zero-order chi connectivity index (χ0) is 49.4. The van der Waals surface area contributed by atoms with Crippen molar-refractivity contribution in [3.63, 3.8) is 0 Å². The number of thiophene rings is 2. The van der Waals surface area contributed by atoms with Crippen molar-refractivity contribution in [1.29, 1.82) is 0 Å². The minimum absolute atomic E-state index is 0.150. The van der Waals surface area contributed by atoms with Crippen molar-refractivity contribution in [3.8, 4) is 68.0 Å². The largest absolute Gasteiger partial charge is 0.496 e. The third kappa shape index (κ3) is 8.06. The van der Waals surface area contributed by atoms with Gasteiger partial charge in [-0.2, -0.15) is 32.9 Å². The maximum Gasteiger partial charge on any atom is 0.274 e. The second-order valence-electron chi connectivity index (χ2n) is 19.8. The topological polar surface area (TPSA) is 142 Å². The molecule has 2 aromatic carbocycles. The molecule has 5 aromatic heterocycles. The second kappa shape index (κ2) is 17.9. The molecular weight excluding hydrogens is 925 g/mol. The minimum atomic E-state index is -0.524. The standard InChI is InChI=1S/C53H58N8O7S2/c1-30-45(31(2)68-56-30)36-23-38-44(25-42(36)65-11)67-27-40-47(55-61(49(38)40)34-15-21-70-29-34)51(63)58(9)53(6,7)16-19-59-17-12-32(13-18-59)35-22-37-43(24-41(35)64-10)66-26-39-46(50(62)57(8)52(3,4)5)54-60(48(37)39)33-14-20-69-28-33/h12,14-15,20-25,28-29H,13,16-19,26-27H2,1-11H3. The molecule has 0 saturated carbocycles. The van der Waals surface area contributed by atoms with Crippen LogP contribution in [0.4, 0.5) is 0 Å². The summed E-state index contributed by atoms with van der Waals surface area (Å²) < 4.78 is 34.0. The van der Waals surface area contributed by atoms with Gasteiger partial charge in [0.25, 0.3) is 11.8 Å². The number of aryl methyl sites for hydroxylation is 2. The van der Waals surface area contributed by atoms with Crippen LogP contribution in [-0.2, 0) is 13.2 Å². The van der Waals surface area contributed by atoms with E-state index in [1.165, 1.54) is 5.57 Å². The van der Waals surface area contributed by atoms with Gasteiger partial charge in [0.05, 0.1) is 48.2 Å². The number of carbonyl (C=O) groups is 2. The SMILES string of the molecule is COc1cc2c(cc1C1=CCN(CCC(C)(C)N(C)C(=O)c3nn(-c4ccsc4)c4c3COc3cc(OC)c(-c5c(C)noc5C)cc3-4)CC1)-c1c(c(C(=O)N(C)C(C)(C)C)nn1-c1ccsc1)CO2. The van der Waals surface area contributed by atoms with E-state index in [0.717, 1.165) is 106 Å². The molecule has 0 N–H and O–H groups in total. The average molecular weight is 983 g/mol. The first-order chi connectivity index (χ1) is 33.5. The highest BCUT2D eigenvalue weighted by Gasteiger charge is 2.38. The molecule has 70 heavy (non-hydrogen) atoms. The van der Waals surface area contributed by atoms with Crippen LogP contribution in [0.1, 0.15) is 96.6 Å². The summed E-state index contributed by atoms with van der Waals surface area (Å²) >= 11 is 3.15. The molecule has 0 atom stereocenters. The van der Waals surface area contributed by atoms with Gasteiger partial charge in [-0.1, -0.05) is 11.2 Å². The molecule has 0 fully saturated rings. The van der Waals surface area contributed by atoms with Crippen LogP contribution in [0.3, 0.4) is 0 Å². The van der Waals surface area contributed by atoms with Crippen molar-refractivity contribution in [2.24, 2.45) is 0 Å². The number of ether oxygens (including phenoxy) is 4. The lowest BCUT2D eigenvalue weighted by Gasteiger charge is -2.38. The van der Waals surface area contributed by atoms with Crippen molar-refractivity contribution in [1.82, 2.24) is 39.4 Å². The van der Waals surface area contributed by atoms with Gasteiger partial charge in [0.15, 0.2) is 11.4 Å². The zero-order valence-electron chi connectivity index (χ0n) is 41.6. The molecule has 10 rings (SSSR count). The van der Waals surface area contributed by atoms with E-state index < -0.39 is 11.1 Å². The van der Waals surface area contributed by atoms with Crippen molar-refractivity contribution < 1.29 is 33.1 Å². The van der Waals surface area contributed by atoms with Gasteiger partial charge in [0.2, 0.25) is 0 Å². The van der Waals surface area contributed by atoms with E-state index in [2.05, 4.69) is 36.0 Å². The molecule has 3 aliphatic rings. The highest BCUT2D eigenvalue weighted by atomic mass is 32.1. The Morgan fingerprint density at radius 3 is 1.77 bits per heavy atom. The highest BCUT2D eigenvalue weighted by molar-refractivity contribution is 7.08. The van der Waals surface area contributed by atoms with E-state index in [1.807, 2.05) is 115 Å². The first-order valence-electron chi connectivity index (χ1n) is 23.4. The van der Waals surface area contributed by atoms with E-state index >= 15 is 0 Å². The van der Waals surface area contributed by atoms with Crippen LogP contribution in [0.15, 0.2) is 68.5 Å². The number of rotatable bonds is 12. The molecule has 3 aliphatic heterocycles. The number of nitrogens with zero attached hydrogens (tertiary/aromatic N) is 8. The fraction of sp³-hybridized carbons (Fsp3) is 0.377. The smallest absolute Gasteiger partial charge is 0.274 e. The van der Waals surface area contributed by atoms with Crippen molar-refractivity contribution in [3.05, 3.63) is 104 Å². The van der Waals surface area contributed by atoms with E-state index in [4.69, 9.17) is 33.7 Å². The Morgan fingerprint density at radius 1 is 0.757 bits per heavy atom. The van der Waals surface area contributed by atoms with E-state index in [-0.39, 0.29) is 25.0 Å². The number of methoxy groups -OCH3 is 2. The predicted octanol–water partition coefficient (Wildman–Crippen LogP) is 10.5. The monoisotopic (exact) mass is 982 g/mol. The first kappa shape index (κ1) is 47.0. The number of aromatic nitrogens is 5. The van der Waals surface area contributed by atoms with E-state index in [9.17, 15) is 9.59 Å². The third-order valence-electron chi connectivity index (χ3n) is 14.2. The number of amides is 2. The highest BCUT2D eigenvalue weighted by Crippen LogP contribution is 2.49. The summed E-state index contributed by atoms with van der Waals surface area (Å²) in [5.74, 6) is 3.05. The van der Waals surface area contributed by atoms with E-state index in [0.29, 0.717) is 34.4 Å². The molecule has 0 radical (unpaired) electrons. The van der Waals surface area contributed by atoms with Crippen molar-refractivity contribution in [2.45, 2.75) is 85.6 Å². The maximum atomic E-state index is 14.8. The molecular formula is C53H58N8O7S2. The molecule has 7 aromatic rings. The van der Waals surface area contributed by atoms with Crippen LogP contribution >= 0.6 is 22.7 Å². The number of hydrogen-bond acceptors (Lipinski definition) is 13. The van der Waals surface area contributed by atoms with Gasteiger partial charge in [-0.15, -0.1) is 0 Å². The number of benzene rings is 2. The van der Waals surface area contributed by atoms with Crippen LogP contribution in [0.5, 0.6) is 23.0 Å². The summed E-state index contributed by atoms with van der Waals surface area (Å²) in [4.78, 5) is 34.7. The van der Waals surface area contributed by atoms with Crippen molar-refractivity contribution >= 4 is 40.1 Å². The van der Waals surface area contributed by atoms with Gasteiger partial charge in [-0.05, 0) is 102 Å². The fourth-order valence-electron chi connectivity index (χ4n) is 9.54. The summed E-state index contributed by atoms with van der Waals surface area (Å²) in [7, 11) is 7.01. The summed E-state index contributed by atoms with van der Waals surface area (Å²) in [6, 6.07) is 12.1. The molecule has 0 unspecified atom stereocenters. The normalized spacial score (nSPS) is 14.4. The molecule has 0 spiro atoms. The van der Waals surface area contributed by atoms with Crippen LogP contribution in [0.25, 0.3) is 50.6 Å². The maximum absolute atomic E-state index is 14.8. The number of hydrogen-bond donors (Lipinski definition) is 0. The molecule has 2 amide bonds. The number of carbonyl (C=O) groups excluding carboxylic acids is 2. The lowest BCUT2D eigenvalue weighted by molar-refractivity contribution is 0.0579. The van der Waals surface area contributed by atoms with Gasteiger partial charge in [0.1, 0.15) is 42.0 Å². The Kier molecular flexibility index (Phi) is 12.0. The molecule has 0 bridgehead atoms. The Balaban J connectivity index is 0.894. The van der Waals surface area contributed by atoms with Crippen LogP contribution < -0.4 is 18.9 Å². The van der Waals surface area contributed by atoms with Crippen LogP contribution in [0, 0.1) is 13.8 Å². The summed E-state index contributed by atoms with van der Waals surface area (Å²) in [5.41, 5.74) is 11.0. The van der Waals surface area contributed by atoms with Crippen molar-refractivity contribution in [2.75, 3.05) is 47.9 Å².